The SMILES string of the molecule is CNC1CCCCC1Cc1nc(-c2ncccc2C)no1. The number of aryl methyl sites for hydroxylation is 1. The van der Waals surface area contributed by atoms with Crippen molar-refractivity contribution in [2.24, 2.45) is 5.92 Å². The van der Waals surface area contributed by atoms with Gasteiger partial charge in [-0.05, 0) is 44.4 Å². The summed E-state index contributed by atoms with van der Waals surface area (Å²) in [7, 11) is 2.04. The second-order valence-corrected chi connectivity index (χ2v) is 5.82. The molecule has 1 aliphatic carbocycles. The average molecular weight is 286 g/mol. The van der Waals surface area contributed by atoms with Crippen LogP contribution in [0, 0.1) is 12.8 Å². The van der Waals surface area contributed by atoms with E-state index in [0.29, 0.717) is 17.8 Å². The smallest absolute Gasteiger partial charge is 0.227 e. The molecule has 2 aromatic rings. The first kappa shape index (κ1) is 14.2. The van der Waals surface area contributed by atoms with E-state index in [4.69, 9.17) is 4.52 Å². The van der Waals surface area contributed by atoms with E-state index in [1.54, 1.807) is 6.20 Å². The van der Waals surface area contributed by atoms with Crippen LogP contribution in [0.2, 0.25) is 0 Å². The van der Waals surface area contributed by atoms with Gasteiger partial charge in [-0.15, -0.1) is 0 Å². The quantitative estimate of drug-likeness (QED) is 0.936. The van der Waals surface area contributed by atoms with Crippen LogP contribution in [0.5, 0.6) is 0 Å². The van der Waals surface area contributed by atoms with E-state index >= 15 is 0 Å². The van der Waals surface area contributed by atoms with E-state index in [1.807, 2.05) is 26.1 Å². The lowest BCUT2D eigenvalue weighted by atomic mass is 9.82. The van der Waals surface area contributed by atoms with Crippen molar-refractivity contribution in [3.63, 3.8) is 0 Å². The second kappa shape index (κ2) is 6.35. The highest BCUT2D eigenvalue weighted by atomic mass is 16.5. The van der Waals surface area contributed by atoms with E-state index in [1.165, 1.54) is 25.7 Å². The normalized spacial score (nSPS) is 22.4. The molecule has 2 aromatic heterocycles. The molecule has 5 heteroatoms. The summed E-state index contributed by atoms with van der Waals surface area (Å²) in [5.74, 6) is 1.91. The molecule has 1 N–H and O–H groups in total. The molecular formula is C16H22N4O. The number of nitrogens with one attached hydrogen (secondary N) is 1. The maximum absolute atomic E-state index is 5.44. The van der Waals surface area contributed by atoms with Crippen molar-refractivity contribution < 1.29 is 4.52 Å². The summed E-state index contributed by atoms with van der Waals surface area (Å²) in [5, 5.41) is 7.51. The van der Waals surface area contributed by atoms with Gasteiger partial charge in [0.25, 0.3) is 0 Å². The van der Waals surface area contributed by atoms with Crippen LogP contribution in [-0.4, -0.2) is 28.2 Å². The first-order valence-corrected chi connectivity index (χ1v) is 7.69. The molecule has 0 bridgehead atoms. The minimum Gasteiger partial charge on any atom is -0.339 e. The van der Waals surface area contributed by atoms with Gasteiger partial charge in [0.1, 0.15) is 5.69 Å². The van der Waals surface area contributed by atoms with Crippen LogP contribution in [0.4, 0.5) is 0 Å². The predicted molar refractivity (Wildman–Crippen MR) is 80.8 cm³/mol. The first-order chi connectivity index (χ1) is 10.3. The van der Waals surface area contributed by atoms with Crippen LogP contribution in [-0.2, 0) is 6.42 Å². The molecule has 0 amide bonds. The van der Waals surface area contributed by atoms with Gasteiger partial charge >= 0.3 is 0 Å². The Morgan fingerprint density at radius 3 is 3.00 bits per heavy atom. The van der Waals surface area contributed by atoms with E-state index in [0.717, 1.165) is 23.6 Å². The van der Waals surface area contributed by atoms with Crippen molar-refractivity contribution in [3.8, 4) is 11.5 Å². The Kier molecular flexibility index (Phi) is 4.29. The molecule has 0 spiro atoms. The highest BCUT2D eigenvalue weighted by Gasteiger charge is 2.26. The maximum Gasteiger partial charge on any atom is 0.227 e. The second-order valence-electron chi connectivity index (χ2n) is 5.82. The standard InChI is InChI=1S/C16H22N4O/c1-11-6-5-9-18-15(11)16-19-14(21-20-16)10-12-7-3-4-8-13(12)17-2/h5-6,9,12-13,17H,3-4,7-8,10H2,1-2H3. The van der Waals surface area contributed by atoms with Crippen LogP contribution in [0.1, 0.15) is 37.1 Å². The van der Waals surface area contributed by atoms with E-state index < -0.39 is 0 Å². The zero-order chi connectivity index (χ0) is 14.7. The molecule has 2 unspecified atom stereocenters. The summed E-state index contributed by atoms with van der Waals surface area (Å²) in [5.41, 5.74) is 1.87. The predicted octanol–water partition coefficient (Wildman–Crippen LogP) is 2.76. The molecular weight excluding hydrogens is 264 g/mol. The van der Waals surface area contributed by atoms with E-state index in [-0.39, 0.29) is 0 Å². The van der Waals surface area contributed by atoms with Crippen molar-refractivity contribution in [1.82, 2.24) is 20.4 Å². The van der Waals surface area contributed by atoms with Gasteiger partial charge in [-0.3, -0.25) is 4.98 Å². The zero-order valence-electron chi connectivity index (χ0n) is 12.7. The fourth-order valence-electron chi connectivity index (χ4n) is 3.21. The molecule has 1 saturated carbocycles. The number of aromatic nitrogens is 3. The number of hydrogen-bond acceptors (Lipinski definition) is 5. The van der Waals surface area contributed by atoms with Gasteiger partial charge in [-0.2, -0.15) is 4.98 Å². The van der Waals surface area contributed by atoms with Crippen LogP contribution in [0.15, 0.2) is 22.9 Å². The van der Waals surface area contributed by atoms with E-state index in [9.17, 15) is 0 Å². The Labute approximate surface area is 125 Å². The third-order valence-corrected chi connectivity index (χ3v) is 4.41. The van der Waals surface area contributed by atoms with Gasteiger partial charge in [0.2, 0.25) is 11.7 Å². The Balaban J connectivity index is 1.75. The topological polar surface area (TPSA) is 63.8 Å². The summed E-state index contributed by atoms with van der Waals surface area (Å²) < 4.78 is 5.44. The highest BCUT2D eigenvalue weighted by Crippen LogP contribution is 2.27. The van der Waals surface area contributed by atoms with Gasteiger partial charge in [0.05, 0.1) is 0 Å². The van der Waals surface area contributed by atoms with Crippen LogP contribution in [0.25, 0.3) is 11.5 Å². The molecule has 0 saturated heterocycles. The Bertz CT molecular complexity index is 595. The molecule has 0 aromatic carbocycles. The van der Waals surface area contributed by atoms with Crippen LogP contribution >= 0.6 is 0 Å². The number of hydrogen-bond donors (Lipinski definition) is 1. The molecule has 2 atom stereocenters. The first-order valence-electron chi connectivity index (χ1n) is 7.69. The van der Waals surface area contributed by atoms with Gasteiger partial charge in [-0.25, -0.2) is 0 Å². The highest BCUT2D eigenvalue weighted by molar-refractivity contribution is 5.53. The third-order valence-electron chi connectivity index (χ3n) is 4.41. The van der Waals surface area contributed by atoms with Crippen molar-refractivity contribution in [3.05, 3.63) is 29.8 Å². The Morgan fingerprint density at radius 2 is 2.19 bits per heavy atom. The molecule has 0 radical (unpaired) electrons. The third kappa shape index (κ3) is 3.13. The minimum absolute atomic E-state index is 0.561. The molecule has 1 aliphatic rings. The Hall–Kier alpha value is -1.75. The monoisotopic (exact) mass is 286 g/mol. The van der Waals surface area contributed by atoms with Crippen LogP contribution < -0.4 is 5.32 Å². The largest absolute Gasteiger partial charge is 0.339 e. The molecule has 5 nitrogen and oxygen atoms in total. The molecule has 21 heavy (non-hydrogen) atoms. The summed E-state index contributed by atoms with van der Waals surface area (Å²) in [6.07, 6.45) is 7.68. The average Bonchev–Trinajstić information content (AvgIpc) is 2.96. The number of pyridine rings is 1. The van der Waals surface area contributed by atoms with Crippen molar-refractivity contribution >= 4 is 0 Å². The Morgan fingerprint density at radius 1 is 1.33 bits per heavy atom. The summed E-state index contributed by atoms with van der Waals surface area (Å²) in [6.45, 7) is 2.01. The molecule has 0 aliphatic heterocycles. The molecule has 1 fully saturated rings. The fraction of sp³-hybridized carbons (Fsp3) is 0.562. The molecule has 3 rings (SSSR count). The van der Waals surface area contributed by atoms with Gasteiger partial charge in [0.15, 0.2) is 0 Å². The number of rotatable bonds is 4. The molecule has 2 heterocycles. The van der Waals surface area contributed by atoms with Crippen LogP contribution in [0.3, 0.4) is 0 Å². The van der Waals surface area contributed by atoms with Gasteiger partial charge in [-0.1, -0.05) is 24.1 Å². The lowest BCUT2D eigenvalue weighted by Crippen LogP contribution is -2.37. The minimum atomic E-state index is 0.561. The maximum atomic E-state index is 5.44. The van der Waals surface area contributed by atoms with Crippen molar-refractivity contribution in [2.45, 2.75) is 45.1 Å². The fourth-order valence-corrected chi connectivity index (χ4v) is 3.21. The zero-order valence-corrected chi connectivity index (χ0v) is 12.7. The summed E-state index contributed by atoms with van der Waals surface area (Å²) in [6, 6.07) is 4.49. The molecule has 112 valence electrons. The number of nitrogens with zero attached hydrogens (tertiary/aromatic N) is 3. The summed E-state index contributed by atoms with van der Waals surface area (Å²) in [4.78, 5) is 8.88. The van der Waals surface area contributed by atoms with Crippen molar-refractivity contribution in [1.29, 1.82) is 0 Å². The summed E-state index contributed by atoms with van der Waals surface area (Å²) >= 11 is 0. The van der Waals surface area contributed by atoms with Crippen molar-refractivity contribution in [2.75, 3.05) is 7.05 Å². The lowest BCUT2D eigenvalue weighted by molar-refractivity contribution is 0.248. The van der Waals surface area contributed by atoms with Gasteiger partial charge < -0.3 is 9.84 Å². The van der Waals surface area contributed by atoms with Gasteiger partial charge in [0, 0.05) is 18.7 Å². The van der Waals surface area contributed by atoms with E-state index in [2.05, 4.69) is 20.4 Å². The lowest BCUT2D eigenvalue weighted by Gasteiger charge is -2.30.